The number of hydrogen-bond acceptors (Lipinski definition) is 3. The van der Waals surface area contributed by atoms with E-state index in [2.05, 4.69) is 0 Å². The molecule has 0 saturated heterocycles. The van der Waals surface area contributed by atoms with Gasteiger partial charge in [-0.25, -0.2) is 4.39 Å². The third kappa shape index (κ3) is 4.71. The molecular formula is C13H21FN2O. The number of nitrogens with two attached hydrogens (primary N) is 1. The van der Waals surface area contributed by atoms with Crippen molar-refractivity contribution < 1.29 is 9.50 Å². The van der Waals surface area contributed by atoms with E-state index >= 15 is 0 Å². The molecule has 0 aliphatic carbocycles. The van der Waals surface area contributed by atoms with E-state index in [4.69, 9.17) is 5.73 Å². The zero-order valence-electron chi connectivity index (χ0n) is 10.7. The zero-order chi connectivity index (χ0) is 13.1. The Kier molecular flexibility index (Phi) is 4.48. The molecule has 0 fully saturated rings. The van der Waals surface area contributed by atoms with E-state index in [1.165, 1.54) is 12.1 Å². The third-order valence-corrected chi connectivity index (χ3v) is 2.56. The second-order valence-electron chi connectivity index (χ2n) is 4.96. The number of halogens is 1. The van der Waals surface area contributed by atoms with E-state index in [0.29, 0.717) is 18.8 Å². The van der Waals surface area contributed by atoms with Gasteiger partial charge in [0.1, 0.15) is 5.82 Å². The molecule has 1 aromatic rings. The number of likely N-dealkylation sites (N-methyl/N-ethyl adjacent to an activating group) is 1. The van der Waals surface area contributed by atoms with Gasteiger partial charge in [0.2, 0.25) is 0 Å². The Balaban J connectivity index is 2.77. The maximum atomic E-state index is 13.1. The minimum absolute atomic E-state index is 0.284. The highest BCUT2D eigenvalue weighted by atomic mass is 19.1. The first kappa shape index (κ1) is 13.9. The molecule has 0 bridgehead atoms. The minimum atomic E-state index is -0.766. The Morgan fingerprint density at radius 1 is 1.41 bits per heavy atom. The molecule has 0 heterocycles. The standard InChI is InChI=1S/C13H21FN2O/c1-4-16(9-13(2,3)17)8-10-7-11(14)5-6-12(10)15/h5-7,17H,4,8-9,15H2,1-3H3. The van der Waals surface area contributed by atoms with Crippen molar-refractivity contribution in [2.24, 2.45) is 0 Å². The number of benzene rings is 1. The summed E-state index contributed by atoms with van der Waals surface area (Å²) in [6.45, 7) is 7.36. The van der Waals surface area contributed by atoms with Gasteiger partial charge in [0.05, 0.1) is 5.60 Å². The predicted molar refractivity (Wildman–Crippen MR) is 68.1 cm³/mol. The van der Waals surface area contributed by atoms with Crippen LogP contribution in [0.5, 0.6) is 0 Å². The van der Waals surface area contributed by atoms with E-state index in [0.717, 1.165) is 12.1 Å². The van der Waals surface area contributed by atoms with Crippen LogP contribution in [0.25, 0.3) is 0 Å². The largest absolute Gasteiger partial charge is 0.398 e. The lowest BCUT2D eigenvalue weighted by Gasteiger charge is -2.28. The van der Waals surface area contributed by atoms with Gasteiger partial charge in [-0.2, -0.15) is 0 Å². The van der Waals surface area contributed by atoms with Crippen molar-refractivity contribution in [2.45, 2.75) is 32.9 Å². The monoisotopic (exact) mass is 240 g/mol. The summed E-state index contributed by atoms with van der Waals surface area (Å²) in [4.78, 5) is 2.03. The Morgan fingerprint density at radius 3 is 2.59 bits per heavy atom. The summed E-state index contributed by atoms with van der Waals surface area (Å²) in [5, 5.41) is 9.77. The summed E-state index contributed by atoms with van der Waals surface area (Å²) in [6.07, 6.45) is 0. The molecule has 96 valence electrons. The number of hydrogen-bond donors (Lipinski definition) is 2. The Hall–Kier alpha value is -1.13. The molecule has 0 saturated carbocycles. The first-order chi connectivity index (χ1) is 7.81. The lowest BCUT2D eigenvalue weighted by Crippen LogP contribution is -2.38. The molecule has 0 radical (unpaired) electrons. The van der Waals surface area contributed by atoms with Gasteiger partial charge in [-0.05, 0) is 44.2 Å². The summed E-state index contributed by atoms with van der Waals surface area (Å²) in [6, 6.07) is 4.37. The van der Waals surface area contributed by atoms with Gasteiger partial charge in [-0.15, -0.1) is 0 Å². The number of nitrogens with zero attached hydrogens (tertiary/aromatic N) is 1. The maximum absolute atomic E-state index is 13.1. The van der Waals surface area contributed by atoms with Crippen LogP contribution in [-0.4, -0.2) is 28.7 Å². The molecule has 17 heavy (non-hydrogen) atoms. The summed E-state index contributed by atoms with van der Waals surface area (Å²) in [5.74, 6) is -0.284. The topological polar surface area (TPSA) is 49.5 Å². The highest BCUT2D eigenvalue weighted by Gasteiger charge is 2.18. The third-order valence-electron chi connectivity index (χ3n) is 2.56. The minimum Gasteiger partial charge on any atom is -0.398 e. The summed E-state index contributed by atoms with van der Waals surface area (Å²) >= 11 is 0. The van der Waals surface area contributed by atoms with Gasteiger partial charge in [0.15, 0.2) is 0 Å². The van der Waals surface area contributed by atoms with Crippen molar-refractivity contribution in [3.63, 3.8) is 0 Å². The summed E-state index contributed by atoms with van der Waals surface area (Å²) in [5.41, 5.74) is 6.38. The molecule has 0 aromatic heterocycles. The van der Waals surface area contributed by atoms with Crippen LogP contribution in [0, 0.1) is 5.82 Å². The summed E-state index contributed by atoms with van der Waals surface area (Å²) < 4.78 is 13.1. The molecule has 0 spiro atoms. The Morgan fingerprint density at radius 2 is 2.06 bits per heavy atom. The van der Waals surface area contributed by atoms with Crippen LogP contribution < -0.4 is 5.73 Å². The lowest BCUT2D eigenvalue weighted by molar-refractivity contribution is 0.0354. The van der Waals surface area contributed by atoms with E-state index in [1.54, 1.807) is 19.9 Å². The average Bonchev–Trinajstić information content (AvgIpc) is 2.20. The quantitative estimate of drug-likeness (QED) is 0.774. The normalized spacial score (nSPS) is 12.1. The fraction of sp³-hybridized carbons (Fsp3) is 0.538. The predicted octanol–water partition coefficient (Wildman–Crippen LogP) is 2.00. The second kappa shape index (κ2) is 5.47. The van der Waals surface area contributed by atoms with Crippen molar-refractivity contribution in [3.8, 4) is 0 Å². The smallest absolute Gasteiger partial charge is 0.123 e. The summed E-state index contributed by atoms with van der Waals surface area (Å²) in [7, 11) is 0. The second-order valence-corrected chi connectivity index (χ2v) is 4.96. The first-order valence-electron chi connectivity index (χ1n) is 5.80. The highest BCUT2D eigenvalue weighted by Crippen LogP contribution is 2.17. The zero-order valence-corrected chi connectivity index (χ0v) is 10.7. The van der Waals surface area contributed by atoms with Crippen molar-refractivity contribution in [2.75, 3.05) is 18.8 Å². The van der Waals surface area contributed by atoms with Crippen LogP contribution in [0.1, 0.15) is 26.3 Å². The molecule has 3 nitrogen and oxygen atoms in total. The number of aliphatic hydroxyl groups is 1. The average molecular weight is 240 g/mol. The molecule has 0 unspecified atom stereocenters. The molecule has 0 aliphatic heterocycles. The number of nitrogen functional groups attached to an aromatic ring is 1. The van der Waals surface area contributed by atoms with E-state index in [1.807, 2.05) is 11.8 Å². The number of rotatable bonds is 5. The van der Waals surface area contributed by atoms with Crippen molar-refractivity contribution in [1.29, 1.82) is 0 Å². The maximum Gasteiger partial charge on any atom is 0.123 e. The molecule has 0 atom stereocenters. The molecule has 0 amide bonds. The molecular weight excluding hydrogens is 219 g/mol. The van der Waals surface area contributed by atoms with Crippen LogP contribution in [0.4, 0.5) is 10.1 Å². The fourth-order valence-electron chi connectivity index (χ4n) is 1.78. The molecule has 1 aromatic carbocycles. The first-order valence-corrected chi connectivity index (χ1v) is 5.80. The molecule has 4 heteroatoms. The molecule has 3 N–H and O–H groups in total. The molecule has 1 rings (SSSR count). The number of anilines is 1. The fourth-order valence-corrected chi connectivity index (χ4v) is 1.78. The van der Waals surface area contributed by atoms with Gasteiger partial charge in [-0.3, -0.25) is 4.90 Å². The highest BCUT2D eigenvalue weighted by molar-refractivity contribution is 5.46. The van der Waals surface area contributed by atoms with Gasteiger partial charge in [0, 0.05) is 18.8 Å². The van der Waals surface area contributed by atoms with Crippen molar-refractivity contribution in [1.82, 2.24) is 4.90 Å². The van der Waals surface area contributed by atoms with Gasteiger partial charge >= 0.3 is 0 Å². The SMILES string of the molecule is CCN(Cc1cc(F)ccc1N)CC(C)(C)O. The van der Waals surface area contributed by atoms with Crippen molar-refractivity contribution in [3.05, 3.63) is 29.6 Å². The van der Waals surface area contributed by atoms with Gasteiger partial charge in [0.25, 0.3) is 0 Å². The van der Waals surface area contributed by atoms with E-state index < -0.39 is 5.60 Å². The van der Waals surface area contributed by atoms with Crippen molar-refractivity contribution >= 4 is 5.69 Å². The van der Waals surface area contributed by atoms with Crippen LogP contribution in [-0.2, 0) is 6.54 Å². The van der Waals surface area contributed by atoms with Gasteiger partial charge < -0.3 is 10.8 Å². The van der Waals surface area contributed by atoms with Crippen LogP contribution >= 0.6 is 0 Å². The molecule has 0 aliphatic rings. The Labute approximate surface area is 102 Å². The van der Waals surface area contributed by atoms with Gasteiger partial charge in [-0.1, -0.05) is 6.92 Å². The van der Waals surface area contributed by atoms with Crippen LogP contribution in [0.2, 0.25) is 0 Å². The lowest BCUT2D eigenvalue weighted by atomic mass is 10.1. The van der Waals surface area contributed by atoms with E-state index in [-0.39, 0.29) is 5.82 Å². The van der Waals surface area contributed by atoms with Crippen LogP contribution in [0.15, 0.2) is 18.2 Å². The Bertz CT molecular complexity index is 374. The van der Waals surface area contributed by atoms with Crippen LogP contribution in [0.3, 0.4) is 0 Å². The van der Waals surface area contributed by atoms with E-state index in [9.17, 15) is 9.50 Å².